The molecule has 5 nitrogen and oxygen atoms in total. The SMILES string of the molecule is C=Cc1ccnc(CNCC(CN)CCC)c1/N=C(/CCCc1cccc(C)c1)NC. The number of pyridine rings is 1. The minimum Gasteiger partial charge on any atom is -0.377 e. The van der Waals surface area contributed by atoms with Crippen molar-refractivity contribution in [3.63, 3.8) is 0 Å². The average Bonchev–Trinajstić information content (AvgIpc) is 2.78. The molecule has 5 heteroatoms. The number of amidine groups is 1. The Kier molecular flexibility index (Phi) is 11.0. The van der Waals surface area contributed by atoms with Crippen LogP contribution in [0.25, 0.3) is 6.08 Å². The van der Waals surface area contributed by atoms with Crippen LogP contribution in [0, 0.1) is 12.8 Å². The molecule has 0 saturated carbocycles. The first-order chi connectivity index (χ1) is 15.1. The molecule has 0 aliphatic heterocycles. The maximum Gasteiger partial charge on any atom is 0.102 e. The molecule has 1 atom stereocenters. The normalized spacial score (nSPS) is 12.6. The molecule has 1 aromatic carbocycles. The predicted octanol–water partition coefficient (Wildman–Crippen LogP) is 4.77. The summed E-state index contributed by atoms with van der Waals surface area (Å²) in [5.41, 5.74) is 11.4. The van der Waals surface area contributed by atoms with E-state index in [0.29, 0.717) is 19.0 Å². The second kappa shape index (κ2) is 13.7. The standard InChI is InChI=1S/C26H39N5/c1-5-9-22(17-27)18-29-19-24-26(23(6-2)14-15-30-24)31-25(28-4)13-8-12-21-11-7-10-20(3)16-21/h6-7,10-11,14-16,22,29H,2,5,8-9,12-13,17-19,27H2,1,3-4H3,(H,28,31). The van der Waals surface area contributed by atoms with Crippen LogP contribution in [0.15, 0.2) is 48.1 Å². The van der Waals surface area contributed by atoms with Crippen molar-refractivity contribution < 1.29 is 0 Å². The predicted molar refractivity (Wildman–Crippen MR) is 134 cm³/mol. The lowest BCUT2D eigenvalue weighted by molar-refractivity contribution is 0.448. The van der Waals surface area contributed by atoms with Crippen LogP contribution in [0.4, 0.5) is 5.69 Å². The van der Waals surface area contributed by atoms with Crippen molar-refractivity contribution in [2.75, 3.05) is 20.1 Å². The number of aromatic nitrogens is 1. The van der Waals surface area contributed by atoms with Crippen LogP contribution >= 0.6 is 0 Å². The molecule has 0 radical (unpaired) electrons. The highest BCUT2D eigenvalue weighted by Gasteiger charge is 2.11. The molecule has 0 aliphatic rings. The third-order valence-corrected chi connectivity index (χ3v) is 5.50. The van der Waals surface area contributed by atoms with Crippen LogP contribution < -0.4 is 16.4 Å². The fraction of sp³-hybridized carbons (Fsp3) is 0.462. The van der Waals surface area contributed by atoms with Crippen molar-refractivity contribution in [3.05, 3.63) is 65.5 Å². The van der Waals surface area contributed by atoms with Gasteiger partial charge in [-0.05, 0) is 56.8 Å². The van der Waals surface area contributed by atoms with Gasteiger partial charge in [-0.15, -0.1) is 0 Å². The summed E-state index contributed by atoms with van der Waals surface area (Å²) in [6.45, 7) is 10.6. The number of hydrogen-bond acceptors (Lipinski definition) is 4. The number of nitrogens with zero attached hydrogens (tertiary/aromatic N) is 2. The molecule has 0 saturated heterocycles. The Morgan fingerprint density at radius 2 is 2.16 bits per heavy atom. The van der Waals surface area contributed by atoms with Crippen LogP contribution in [0.2, 0.25) is 0 Å². The van der Waals surface area contributed by atoms with Crippen molar-refractivity contribution in [3.8, 4) is 0 Å². The van der Waals surface area contributed by atoms with E-state index in [9.17, 15) is 0 Å². The monoisotopic (exact) mass is 421 g/mol. The molecule has 4 N–H and O–H groups in total. The molecule has 0 bridgehead atoms. The van der Waals surface area contributed by atoms with Crippen molar-refractivity contribution in [1.82, 2.24) is 15.6 Å². The summed E-state index contributed by atoms with van der Waals surface area (Å²) < 4.78 is 0. The van der Waals surface area contributed by atoms with Gasteiger partial charge in [0.15, 0.2) is 0 Å². The lowest BCUT2D eigenvalue weighted by Gasteiger charge is -2.16. The number of nitrogens with one attached hydrogen (secondary N) is 2. The Bertz CT molecular complexity index is 843. The Morgan fingerprint density at radius 3 is 2.84 bits per heavy atom. The van der Waals surface area contributed by atoms with Crippen LogP contribution in [0.5, 0.6) is 0 Å². The van der Waals surface area contributed by atoms with Gasteiger partial charge in [-0.1, -0.05) is 55.8 Å². The molecule has 2 aromatic rings. The van der Waals surface area contributed by atoms with Gasteiger partial charge in [-0.2, -0.15) is 0 Å². The van der Waals surface area contributed by atoms with Gasteiger partial charge >= 0.3 is 0 Å². The molecular formula is C26H39N5. The van der Waals surface area contributed by atoms with E-state index in [0.717, 1.165) is 61.4 Å². The topological polar surface area (TPSA) is 75.3 Å². The first kappa shape index (κ1) is 24.8. The summed E-state index contributed by atoms with van der Waals surface area (Å²) in [6, 6.07) is 10.7. The molecule has 31 heavy (non-hydrogen) atoms. The van der Waals surface area contributed by atoms with Crippen molar-refractivity contribution in [1.29, 1.82) is 0 Å². The lowest BCUT2D eigenvalue weighted by atomic mass is 10.0. The summed E-state index contributed by atoms with van der Waals surface area (Å²) in [5.74, 6) is 1.46. The van der Waals surface area contributed by atoms with Crippen molar-refractivity contribution in [2.45, 2.75) is 52.5 Å². The zero-order valence-corrected chi connectivity index (χ0v) is 19.5. The lowest BCUT2D eigenvalue weighted by Crippen LogP contribution is -2.28. The number of nitrogens with two attached hydrogens (primary N) is 1. The van der Waals surface area contributed by atoms with E-state index in [1.165, 1.54) is 11.1 Å². The Labute approximate surface area is 188 Å². The van der Waals surface area contributed by atoms with E-state index in [1.54, 1.807) is 0 Å². The van der Waals surface area contributed by atoms with Gasteiger partial charge in [0, 0.05) is 31.8 Å². The van der Waals surface area contributed by atoms with Crippen LogP contribution in [0.1, 0.15) is 55.0 Å². The minimum atomic E-state index is 0.494. The summed E-state index contributed by atoms with van der Waals surface area (Å²) in [5, 5.41) is 6.80. The summed E-state index contributed by atoms with van der Waals surface area (Å²) in [7, 11) is 1.93. The second-order valence-corrected chi connectivity index (χ2v) is 8.07. The summed E-state index contributed by atoms with van der Waals surface area (Å²) >= 11 is 0. The molecule has 1 heterocycles. The molecule has 2 rings (SSSR count). The van der Waals surface area contributed by atoms with E-state index < -0.39 is 0 Å². The van der Waals surface area contributed by atoms with Crippen molar-refractivity contribution >= 4 is 17.6 Å². The van der Waals surface area contributed by atoms with E-state index in [-0.39, 0.29) is 0 Å². The maximum absolute atomic E-state index is 5.90. The first-order valence-electron chi connectivity index (χ1n) is 11.4. The number of rotatable bonds is 13. The third kappa shape index (κ3) is 8.27. The van der Waals surface area contributed by atoms with Gasteiger partial charge in [0.2, 0.25) is 0 Å². The smallest absolute Gasteiger partial charge is 0.102 e. The molecule has 0 fully saturated rings. The molecule has 168 valence electrons. The Morgan fingerprint density at radius 1 is 1.32 bits per heavy atom. The van der Waals surface area contributed by atoms with Gasteiger partial charge in [-0.3, -0.25) is 4.98 Å². The molecular weight excluding hydrogens is 382 g/mol. The molecule has 1 unspecified atom stereocenters. The zero-order valence-electron chi connectivity index (χ0n) is 19.5. The van der Waals surface area contributed by atoms with E-state index in [4.69, 9.17) is 10.7 Å². The molecule has 0 amide bonds. The quantitative estimate of drug-likeness (QED) is 0.322. The highest BCUT2D eigenvalue weighted by molar-refractivity contribution is 5.86. The second-order valence-electron chi connectivity index (χ2n) is 8.07. The van der Waals surface area contributed by atoms with Crippen LogP contribution in [0.3, 0.4) is 0 Å². The van der Waals surface area contributed by atoms with Crippen LogP contribution in [-0.2, 0) is 13.0 Å². The van der Waals surface area contributed by atoms with Crippen molar-refractivity contribution in [2.24, 2.45) is 16.6 Å². The average molecular weight is 422 g/mol. The highest BCUT2D eigenvalue weighted by Crippen LogP contribution is 2.24. The van der Waals surface area contributed by atoms with Gasteiger partial charge < -0.3 is 16.4 Å². The number of aryl methyl sites for hydroxylation is 2. The van der Waals surface area contributed by atoms with Crippen LogP contribution in [-0.4, -0.2) is 31.0 Å². The Hall–Kier alpha value is -2.50. The number of aliphatic imine (C=N–C) groups is 1. The fourth-order valence-corrected chi connectivity index (χ4v) is 3.74. The minimum absolute atomic E-state index is 0.494. The maximum atomic E-state index is 5.90. The molecule has 0 aliphatic carbocycles. The van der Waals surface area contributed by atoms with E-state index >= 15 is 0 Å². The highest BCUT2D eigenvalue weighted by atomic mass is 15.0. The largest absolute Gasteiger partial charge is 0.377 e. The van der Waals surface area contributed by atoms with Gasteiger partial charge in [0.25, 0.3) is 0 Å². The fourth-order valence-electron chi connectivity index (χ4n) is 3.74. The van der Waals surface area contributed by atoms with Gasteiger partial charge in [0.05, 0.1) is 11.4 Å². The zero-order chi connectivity index (χ0) is 22.5. The molecule has 0 spiro atoms. The van der Waals surface area contributed by atoms with E-state index in [1.807, 2.05) is 25.4 Å². The third-order valence-electron chi connectivity index (χ3n) is 5.50. The number of hydrogen-bond donors (Lipinski definition) is 3. The number of benzene rings is 1. The van der Waals surface area contributed by atoms with Gasteiger partial charge in [-0.25, -0.2) is 4.99 Å². The summed E-state index contributed by atoms with van der Waals surface area (Å²) in [6.07, 6.45) is 8.93. The first-order valence-corrected chi connectivity index (χ1v) is 11.4. The Balaban J connectivity index is 2.08. The van der Waals surface area contributed by atoms with E-state index in [2.05, 4.69) is 60.3 Å². The summed E-state index contributed by atoms with van der Waals surface area (Å²) in [4.78, 5) is 9.56. The van der Waals surface area contributed by atoms with Gasteiger partial charge in [0.1, 0.15) is 5.84 Å². The molecule has 1 aromatic heterocycles.